The van der Waals surface area contributed by atoms with E-state index in [1.165, 1.54) is 0 Å². The van der Waals surface area contributed by atoms with E-state index >= 15 is 0 Å². The topological polar surface area (TPSA) is 102 Å². The first kappa shape index (κ1) is 19.9. The van der Waals surface area contributed by atoms with Gasteiger partial charge in [0.15, 0.2) is 0 Å². The summed E-state index contributed by atoms with van der Waals surface area (Å²) >= 11 is 0. The lowest BCUT2D eigenvalue weighted by Gasteiger charge is -2.29. The van der Waals surface area contributed by atoms with Gasteiger partial charge in [0.2, 0.25) is 5.91 Å². The summed E-state index contributed by atoms with van der Waals surface area (Å²) in [7, 11) is 0. The van der Waals surface area contributed by atoms with Crippen molar-refractivity contribution in [3.8, 4) is 6.01 Å². The second kappa shape index (κ2) is 8.82. The number of alkyl carbamates (subject to hydrolysis) is 1. The van der Waals surface area contributed by atoms with Gasteiger partial charge in [0.1, 0.15) is 17.7 Å². The van der Waals surface area contributed by atoms with Gasteiger partial charge in [-0.2, -0.15) is 0 Å². The monoisotopic (exact) mass is 364 g/mol. The van der Waals surface area contributed by atoms with Gasteiger partial charge in [-0.05, 0) is 59.4 Å². The Morgan fingerprint density at radius 2 is 1.77 bits per heavy atom. The van der Waals surface area contributed by atoms with E-state index in [1.54, 1.807) is 46.2 Å². The first-order valence-corrected chi connectivity index (χ1v) is 8.96. The van der Waals surface area contributed by atoms with Gasteiger partial charge in [-0.1, -0.05) is 0 Å². The maximum absolute atomic E-state index is 12.3. The summed E-state index contributed by atoms with van der Waals surface area (Å²) < 4.78 is 10.9. The van der Waals surface area contributed by atoms with E-state index in [9.17, 15) is 9.59 Å². The fourth-order valence-corrected chi connectivity index (χ4v) is 2.70. The lowest BCUT2D eigenvalue weighted by atomic mass is 9.93. The number of hydrogen-bond acceptors (Lipinski definition) is 6. The zero-order valence-electron chi connectivity index (χ0n) is 15.8. The van der Waals surface area contributed by atoms with Crippen LogP contribution < -0.4 is 15.4 Å². The number of nitrogens with one attached hydrogen (secondary N) is 2. The molecule has 26 heavy (non-hydrogen) atoms. The van der Waals surface area contributed by atoms with E-state index in [0.717, 1.165) is 25.7 Å². The van der Waals surface area contributed by atoms with E-state index in [2.05, 4.69) is 20.6 Å². The quantitative estimate of drug-likeness (QED) is 0.830. The summed E-state index contributed by atoms with van der Waals surface area (Å²) in [5.74, 6) is -0.216. The van der Waals surface area contributed by atoms with E-state index in [1.807, 2.05) is 0 Å². The molecule has 0 spiro atoms. The minimum Gasteiger partial charge on any atom is -0.460 e. The van der Waals surface area contributed by atoms with Crippen molar-refractivity contribution in [1.82, 2.24) is 20.6 Å². The van der Waals surface area contributed by atoms with Crippen LogP contribution >= 0.6 is 0 Å². The van der Waals surface area contributed by atoms with Crippen LogP contribution in [0, 0.1) is 0 Å². The van der Waals surface area contributed by atoms with Gasteiger partial charge >= 0.3 is 12.1 Å². The lowest BCUT2D eigenvalue weighted by molar-refractivity contribution is -0.123. The number of rotatable bonds is 5. The van der Waals surface area contributed by atoms with Crippen LogP contribution in [0.4, 0.5) is 4.79 Å². The van der Waals surface area contributed by atoms with Gasteiger partial charge < -0.3 is 20.1 Å². The first-order valence-electron chi connectivity index (χ1n) is 8.96. The molecule has 0 bridgehead atoms. The summed E-state index contributed by atoms with van der Waals surface area (Å²) in [5, 5.41) is 5.53. The molecule has 144 valence electrons. The summed E-state index contributed by atoms with van der Waals surface area (Å²) in [6.07, 6.45) is 6.00. The predicted octanol–water partition coefficient (Wildman–Crippen LogP) is 2.20. The Labute approximate surface area is 154 Å². The number of nitrogens with zero attached hydrogens (tertiary/aromatic N) is 2. The fourth-order valence-electron chi connectivity index (χ4n) is 2.70. The van der Waals surface area contributed by atoms with Crippen molar-refractivity contribution in [2.24, 2.45) is 0 Å². The maximum Gasteiger partial charge on any atom is 0.408 e. The van der Waals surface area contributed by atoms with Crippen LogP contribution in [0.1, 0.15) is 53.4 Å². The smallest absolute Gasteiger partial charge is 0.408 e. The van der Waals surface area contributed by atoms with Crippen molar-refractivity contribution in [1.29, 1.82) is 0 Å². The summed E-state index contributed by atoms with van der Waals surface area (Å²) in [5.41, 5.74) is -0.596. The van der Waals surface area contributed by atoms with Crippen molar-refractivity contribution in [3.05, 3.63) is 18.5 Å². The molecule has 1 saturated carbocycles. The second-order valence-corrected chi connectivity index (χ2v) is 7.50. The molecular formula is C18H28N4O4. The number of carbonyl (C=O) groups excluding carboxylic acids is 2. The van der Waals surface area contributed by atoms with Crippen LogP contribution in [0.2, 0.25) is 0 Å². The molecule has 1 aromatic heterocycles. The molecule has 2 N–H and O–H groups in total. The third-order valence-corrected chi connectivity index (χ3v) is 3.96. The van der Waals surface area contributed by atoms with Crippen LogP contribution in [0.15, 0.2) is 18.5 Å². The molecule has 1 aliphatic rings. The van der Waals surface area contributed by atoms with E-state index in [-0.39, 0.29) is 18.1 Å². The van der Waals surface area contributed by atoms with Crippen LogP contribution in [-0.2, 0) is 9.53 Å². The van der Waals surface area contributed by atoms with Gasteiger partial charge in [-0.3, -0.25) is 4.79 Å². The van der Waals surface area contributed by atoms with E-state index < -0.39 is 17.7 Å². The number of aromatic nitrogens is 2. The van der Waals surface area contributed by atoms with E-state index in [4.69, 9.17) is 9.47 Å². The Bertz CT molecular complexity index is 595. The second-order valence-electron chi connectivity index (χ2n) is 7.50. The number of carbonyl (C=O) groups is 2. The van der Waals surface area contributed by atoms with Crippen molar-refractivity contribution in [2.45, 2.75) is 77.2 Å². The number of amides is 2. The molecule has 1 atom stereocenters. The molecule has 2 rings (SSSR count). The van der Waals surface area contributed by atoms with Crippen LogP contribution in [0.25, 0.3) is 0 Å². The normalized spacial score (nSPS) is 21.4. The molecule has 0 radical (unpaired) electrons. The highest BCUT2D eigenvalue weighted by Crippen LogP contribution is 2.22. The van der Waals surface area contributed by atoms with Gasteiger partial charge in [0, 0.05) is 18.4 Å². The molecule has 0 aromatic carbocycles. The molecule has 0 aliphatic heterocycles. The molecule has 0 saturated heterocycles. The zero-order valence-corrected chi connectivity index (χ0v) is 15.8. The molecule has 1 unspecified atom stereocenters. The standard InChI is InChI=1S/C18H28N4O4/c1-12(21-17(24)26-18(2,3)4)15(23)22-13-6-8-14(9-7-13)25-16-19-10-5-11-20-16/h5,10-14H,6-9H2,1-4H3,(H,21,24)(H,22,23). The SMILES string of the molecule is CC(NC(=O)OC(C)(C)C)C(=O)NC1CCC(Oc2ncccn2)CC1. The van der Waals surface area contributed by atoms with Crippen LogP contribution in [0.3, 0.4) is 0 Å². The lowest BCUT2D eigenvalue weighted by Crippen LogP contribution is -2.50. The molecule has 8 heteroatoms. The Morgan fingerprint density at radius 3 is 2.35 bits per heavy atom. The Kier molecular flexibility index (Phi) is 6.76. The fraction of sp³-hybridized carbons (Fsp3) is 0.667. The van der Waals surface area contributed by atoms with Gasteiger partial charge in [-0.15, -0.1) is 0 Å². The number of ether oxygens (including phenoxy) is 2. The highest BCUT2D eigenvalue weighted by molar-refractivity contribution is 5.85. The summed E-state index contributed by atoms with van der Waals surface area (Å²) in [6, 6.07) is 1.54. The molecule has 1 fully saturated rings. The highest BCUT2D eigenvalue weighted by Gasteiger charge is 2.27. The van der Waals surface area contributed by atoms with Gasteiger partial charge in [0.05, 0.1) is 0 Å². The van der Waals surface area contributed by atoms with Gasteiger partial charge in [-0.25, -0.2) is 14.8 Å². The third kappa shape index (κ3) is 6.85. The predicted molar refractivity (Wildman–Crippen MR) is 95.7 cm³/mol. The Morgan fingerprint density at radius 1 is 1.15 bits per heavy atom. The average Bonchev–Trinajstić information content (AvgIpc) is 2.55. The van der Waals surface area contributed by atoms with E-state index in [0.29, 0.717) is 6.01 Å². The van der Waals surface area contributed by atoms with Crippen molar-refractivity contribution < 1.29 is 19.1 Å². The molecule has 8 nitrogen and oxygen atoms in total. The van der Waals surface area contributed by atoms with Crippen LogP contribution in [-0.4, -0.2) is 45.8 Å². The molecule has 2 amide bonds. The van der Waals surface area contributed by atoms with Crippen LogP contribution in [0.5, 0.6) is 6.01 Å². The highest BCUT2D eigenvalue weighted by atomic mass is 16.6. The van der Waals surface area contributed by atoms with Crippen molar-refractivity contribution >= 4 is 12.0 Å². The zero-order chi connectivity index (χ0) is 19.2. The van der Waals surface area contributed by atoms with Crippen molar-refractivity contribution in [3.63, 3.8) is 0 Å². The van der Waals surface area contributed by atoms with Crippen molar-refractivity contribution in [2.75, 3.05) is 0 Å². The Balaban J connectivity index is 1.71. The molecular weight excluding hydrogens is 336 g/mol. The molecule has 1 aromatic rings. The Hall–Kier alpha value is -2.38. The third-order valence-electron chi connectivity index (χ3n) is 3.96. The van der Waals surface area contributed by atoms with Gasteiger partial charge in [0.25, 0.3) is 0 Å². The molecule has 1 aliphatic carbocycles. The minimum absolute atomic E-state index is 0.0582. The average molecular weight is 364 g/mol. The largest absolute Gasteiger partial charge is 0.460 e. The summed E-state index contributed by atoms with van der Waals surface area (Å²) in [6.45, 7) is 6.97. The number of hydrogen-bond donors (Lipinski definition) is 2. The maximum atomic E-state index is 12.3. The first-order chi connectivity index (χ1) is 12.2. The minimum atomic E-state index is -0.656. The summed E-state index contributed by atoms with van der Waals surface area (Å²) in [4.78, 5) is 32.1. The molecule has 1 heterocycles.